The fourth-order valence-electron chi connectivity index (χ4n) is 9.48. The van der Waals surface area contributed by atoms with Crippen LogP contribution in [-0.4, -0.2) is 35.0 Å². The topological polar surface area (TPSA) is 66.8 Å². The second kappa shape index (κ2) is 6.45. The first-order valence-electron chi connectivity index (χ1n) is 11.8. The summed E-state index contributed by atoms with van der Waals surface area (Å²) in [6.07, 6.45) is 8.08. The molecule has 4 fully saturated rings. The lowest BCUT2D eigenvalue weighted by molar-refractivity contribution is -0.224. The van der Waals surface area contributed by atoms with Crippen LogP contribution in [0.25, 0.3) is 0 Å². The van der Waals surface area contributed by atoms with Gasteiger partial charge in [-0.1, -0.05) is 34.6 Å². The molecule has 166 valence electrons. The van der Waals surface area contributed by atoms with Crippen LogP contribution >= 0.6 is 0 Å². The number of aliphatic hydroxyl groups is 2. The molecule has 0 aromatic rings. The number of aliphatic hydroxyl groups excluding tert-OH is 1. The van der Waals surface area contributed by atoms with Crippen molar-refractivity contribution in [3.8, 4) is 0 Å². The summed E-state index contributed by atoms with van der Waals surface area (Å²) in [5.41, 5.74) is -0.758. The average Bonchev–Trinajstić information content (AvgIpc) is 2.90. The molecule has 0 unspecified atom stereocenters. The number of carbonyl (C=O) groups is 1. The van der Waals surface area contributed by atoms with Gasteiger partial charge in [-0.2, -0.15) is 0 Å². The van der Waals surface area contributed by atoms with E-state index in [0.717, 1.165) is 38.5 Å². The fraction of sp³-hybridized carbons (Fsp3) is 0.960. The Morgan fingerprint density at radius 1 is 0.862 bits per heavy atom. The van der Waals surface area contributed by atoms with Crippen LogP contribution in [0.3, 0.4) is 0 Å². The quantitative estimate of drug-likeness (QED) is 0.652. The van der Waals surface area contributed by atoms with Gasteiger partial charge >= 0.3 is 5.97 Å². The Labute approximate surface area is 176 Å². The Kier molecular flexibility index (Phi) is 4.81. The van der Waals surface area contributed by atoms with Crippen molar-refractivity contribution in [3.05, 3.63) is 0 Å². The predicted molar refractivity (Wildman–Crippen MR) is 113 cm³/mol. The maximum absolute atomic E-state index is 12.1. The highest BCUT2D eigenvalue weighted by Crippen LogP contribution is 2.74. The summed E-state index contributed by atoms with van der Waals surface area (Å²) in [6.45, 7) is 11.8. The number of carbonyl (C=O) groups excluding carboxylic acids is 1. The molecule has 0 aromatic carbocycles. The minimum atomic E-state index is -0.946. The second-order valence-electron chi connectivity index (χ2n) is 12.4. The lowest BCUT2D eigenvalue weighted by Gasteiger charge is -2.68. The summed E-state index contributed by atoms with van der Waals surface area (Å²) < 4.78 is 4.93. The van der Waals surface area contributed by atoms with Crippen molar-refractivity contribution in [2.45, 2.75) is 104 Å². The standard InChI is InChI=1S/C25H42O4/c1-21(2)16-7-11-23(4)17(22(16,3)12-10-19(21)26)8-13-24(5)18(23)9-14-25(24,28)15-20(27)29-6/h16-19,26,28H,7-15H2,1-6H3/t16-,17+,18-,19-,22-,23+,24-,25-/m1/s1. The predicted octanol–water partition coefficient (Wildman–Crippen LogP) is 4.71. The van der Waals surface area contributed by atoms with Crippen LogP contribution in [0.15, 0.2) is 0 Å². The SMILES string of the molecule is COC(=O)C[C@]1(O)CC[C@@H]2[C@@]3(C)CC[C@@H]4C(C)(C)[C@H](O)CC[C@@]4(C)[C@@H]3CC[C@]21C. The summed E-state index contributed by atoms with van der Waals surface area (Å²) in [6, 6.07) is 0. The highest BCUT2D eigenvalue weighted by atomic mass is 16.5. The van der Waals surface area contributed by atoms with Gasteiger partial charge in [-0.05, 0) is 85.4 Å². The lowest BCUT2D eigenvalue weighted by atomic mass is 9.36. The molecular formula is C25H42O4. The van der Waals surface area contributed by atoms with Crippen LogP contribution in [-0.2, 0) is 9.53 Å². The van der Waals surface area contributed by atoms with Gasteiger partial charge in [0, 0.05) is 5.41 Å². The average molecular weight is 407 g/mol. The Hall–Kier alpha value is -0.610. The first-order chi connectivity index (χ1) is 13.3. The molecule has 8 atom stereocenters. The minimum Gasteiger partial charge on any atom is -0.469 e. The van der Waals surface area contributed by atoms with Gasteiger partial charge in [-0.3, -0.25) is 4.79 Å². The zero-order valence-electron chi connectivity index (χ0n) is 19.4. The molecule has 0 heterocycles. The number of esters is 1. The van der Waals surface area contributed by atoms with E-state index in [9.17, 15) is 15.0 Å². The fourth-order valence-corrected chi connectivity index (χ4v) is 9.48. The van der Waals surface area contributed by atoms with Gasteiger partial charge < -0.3 is 14.9 Å². The van der Waals surface area contributed by atoms with Crippen molar-refractivity contribution < 1.29 is 19.7 Å². The van der Waals surface area contributed by atoms with Crippen molar-refractivity contribution in [1.29, 1.82) is 0 Å². The Bertz CT molecular complexity index is 688. The molecule has 0 bridgehead atoms. The zero-order chi connectivity index (χ0) is 21.5. The first kappa shape index (κ1) is 21.6. The van der Waals surface area contributed by atoms with E-state index in [4.69, 9.17) is 4.74 Å². The van der Waals surface area contributed by atoms with E-state index >= 15 is 0 Å². The number of fused-ring (bicyclic) bond motifs is 5. The van der Waals surface area contributed by atoms with Crippen molar-refractivity contribution in [3.63, 3.8) is 0 Å². The Balaban J connectivity index is 1.68. The van der Waals surface area contributed by atoms with E-state index in [2.05, 4.69) is 34.6 Å². The van der Waals surface area contributed by atoms with Gasteiger partial charge in [0.05, 0.1) is 25.2 Å². The maximum atomic E-state index is 12.1. The second-order valence-corrected chi connectivity index (χ2v) is 12.4. The summed E-state index contributed by atoms with van der Waals surface area (Å²) in [4.78, 5) is 12.1. The van der Waals surface area contributed by atoms with E-state index in [0.29, 0.717) is 24.2 Å². The van der Waals surface area contributed by atoms with Crippen LogP contribution in [0.1, 0.15) is 92.4 Å². The normalized spacial score (nSPS) is 53.5. The van der Waals surface area contributed by atoms with Gasteiger partial charge in [0.15, 0.2) is 0 Å². The number of methoxy groups -OCH3 is 1. The zero-order valence-corrected chi connectivity index (χ0v) is 19.4. The molecule has 0 radical (unpaired) electrons. The molecule has 4 saturated carbocycles. The number of hydrogen-bond donors (Lipinski definition) is 2. The van der Waals surface area contributed by atoms with Gasteiger partial charge in [0.1, 0.15) is 0 Å². The van der Waals surface area contributed by atoms with E-state index in [1.807, 2.05) is 0 Å². The third-order valence-electron chi connectivity index (χ3n) is 11.2. The van der Waals surface area contributed by atoms with Crippen LogP contribution in [0.4, 0.5) is 0 Å². The van der Waals surface area contributed by atoms with E-state index in [1.165, 1.54) is 13.5 Å². The molecule has 0 aromatic heterocycles. The first-order valence-corrected chi connectivity index (χ1v) is 11.8. The van der Waals surface area contributed by atoms with Crippen LogP contribution in [0.5, 0.6) is 0 Å². The molecule has 29 heavy (non-hydrogen) atoms. The summed E-state index contributed by atoms with van der Waals surface area (Å²) in [5, 5.41) is 22.4. The smallest absolute Gasteiger partial charge is 0.308 e. The van der Waals surface area contributed by atoms with Crippen LogP contribution in [0.2, 0.25) is 0 Å². The summed E-state index contributed by atoms with van der Waals surface area (Å²) >= 11 is 0. The monoisotopic (exact) mass is 406 g/mol. The highest BCUT2D eigenvalue weighted by Gasteiger charge is 2.70. The summed E-state index contributed by atoms with van der Waals surface area (Å²) in [7, 11) is 1.42. The van der Waals surface area contributed by atoms with Gasteiger partial charge in [-0.15, -0.1) is 0 Å². The number of ether oxygens (including phenoxy) is 1. The molecule has 4 aliphatic rings. The number of rotatable bonds is 2. The number of hydrogen-bond acceptors (Lipinski definition) is 4. The molecule has 2 N–H and O–H groups in total. The summed E-state index contributed by atoms with van der Waals surface area (Å²) in [5.74, 6) is 1.33. The molecule has 4 heteroatoms. The molecule has 4 nitrogen and oxygen atoms in total. The van der Waals surface area contributed by atoms with Crippen molar-refractivity contribution in [2.24, 2.45) is 39.4 Å². The molecule has 0 saturated heterocycles. The third-order valence-corrected chi connectivity index (χ3v) is 11.2. The van der Waals surface area contributed by atoms with Gasteiger partial charge in [0.2, 0.25) is 0 Å². The van der Waals surface area contributed by atoms with Gasteiger partial charge in [0.25, 0.3) is 0 Å². The highest BCUT2D eigenvalue weighted by molar-refractivity contribution is 5.70. The molecule has 4 rings (SSSR count). The van der Waals surface area contributed by atoms with E-state index < -0.39 is 5.60 Å². The van der Waals surface area contributed by atoms with Crippen molar-refractivity contribution >= 4 is 5.97 Å². The Morgan fingerprint density at radius 2 is 1.41 bits per heavy atom. The van der Waals surface area contributed by atoms with Crippen LogP contribution < -0.4 is 0 Å². The third kappa shape index (κ3) is 2.67. The molecule has 0 amide bonds. The van der Waals surface area contributed by atoms with Crippen LogP contribution in [0, 0.1) is 39.4 Å². The minimum absolute atomic E-state index is 0.0314. The van der Waals surface area contributed by atoms with E-state index in [1.54, 1.807) is 0 Å². The Morgan fingerprint density at radius 3 is 2.07 bits per heavy atom. The van der Waals surface area contributed by atoms with E-state index in [-0.39, 0.29) is 40.2 Å². The lowest BCUT2D eigenvalue weighted by Crippen LogP contribution is -2.64. The molecule has 4 aliphatic carbocycles. The van der Waals surface area contributed by atoms with Gasteiger partial charge in [-0.25, -0.2) is 0 Å². The maximum Gasteiger partial charge on any atom is 0.308 e. The molecule has 0 spiro atoms. The largest absolute Gasteiger partial charge is 0.469 e. The van der Waals surface area contributed by atoms with Crippen molar-refractivity contribution in [2.75, 3.05) is 7.11 Å². The molecular weight excluding hydrogens is 364 g/mol. The van der Waals surface area contributed by atoms with Crippen molar-refractivity contribution in [1.82, 2.24) is 0 Å². The molecule has 0 aliphatic heterocycles.